The van der Waals surface area contributed by atoms with E-state index in [0.717, 1.165) is 49.5 Å². The number of nitrogens with zero attached hydrogens (tertiary/aromatic N) is 2. The van der Waals surface area contributed by atoms with E-state index in [1.807, 2.05) is 13.0 Å². The molecule has 0 aromatic heterocycles. The zero-order valence-corrected chi connectivity index (χ0v) is 17.6. The first-order chi connectivity index (χ1) is 13.0. The van der Waals surface area contributed by atoms with Crippen molar-refractivity contribution in [2.24, 2.45) is 10.9 Å². The Bertz CT molecular complexity index is 680. The first-order valence-electron chi connectivity index (χ1n) is 9.59. The zero-order valence-electron chi connectivity index (χ0n) is 16.7. The molecule has 1 aromatic rings. The van der Waals surface area contributed by atoms with Gasteiger partial charge in [-0.25, -0.2) is 0 Å². The van der Waals surface area contributed by atoms with Crippen LogP contribution in [0.1, 0.15) is 51.5 Å². The third kappa shape index (κ3) is 6.13. The Balaban J connectivity index is 2.36. The summed E-state index contributed by atoms with van der Waals surface area (Å²) in [6.07, 6.45) is 2.36. The Hall–Kier alpha value is -1.75. The number of isothiocyanates is 1. The molecule has 6 heteroatoms. The monoisotopic (exact) mass is 390 g/mol. The van der Waals surface area contributed by atoms with Gasteiger partial charge in [-0.15, -0.1) is 0 Å². The molecular formula is C21H30N2O3S. The van der Waals surface area contributed by atoms with E-state index in [9.17, 15) is 4.79 Å². The first-order valence-corrected chi connectivity index (χ1v) is 10.00. The lowest BCUT2D eigenvalue weighted by Crippen LogP contribution is -2.41. The molecule has 1 heterocycles. The number of carbonyl (C=O) groups is 1. The smallest absolute Gasteiger partial charge is 0.306 e. The SMILES string of the molecule is COC(=O)CC(C)c1ccc(N(CC(C)C)C2CCOCC2)c(N=C=S)c1. The fourth-order valence-electron chi connectivity index (χ4n) is 3.51. The minimum absolute atomic E-state index is 0.0483. The van der Waals surface area contributed by atoms with Crippen LogP contribution in [0.3, 0.4) is 0 Å². The Morgan fingerprint density at radius 3 is 2.67 bits per heavy atom. The Labute approximate surface area is 167 Å². The third-order valence-corrected chi connectivity index (χ3v) is 5.03. The number of thiocarbonyl (C=S) groups is 1. The van der Waals surface area contributed by atoms with Crippen LogP contribution in [0.25, 0.3) is 0 Å². The fourth-order valence-corrected chi connectivity index (χ4v) is 3.61. The van der Waals surface area contributed by atoms with E-state index in [4.69, 9.17) is 21.7 Å². The number of benzene rings is 1. The minimum atomic E-state index is -0.213. The number of ether oxygens (including phenoxy) is 2. The summed E-state index contributed by atoms with van der Waals surface area (Å²) >= 11 is 4.89. The molecule has 1 aliphatic rings. The van der Waals surface area contributed by atoms with Crippen molar-refractivity contribution in [2.45, 2.75) is 52.0 Å². The molecule has 1 atom stereocenters. The topological polar surface area (TPSA) is 51.1 Å². The van der Waals surface area contributed by atoms with Gasteiger partial charge in [0, 0.05) is 25.8 Å². The van der Waals surface area contributed by atoms with Gasteiger partial charge in [0.15, 0.2) is 0 Å². The van der Waals surface area contributed by atoms with E-state index in [-0.39, 0.29) is 11.9 Å². The second kappa shape index (κ2) is 10.5. The highest BCUT2D eigenvalue weighted by Gasteiger charge is 2.25. The summed E-state index contributed by atoms with van der Waals surface area (Å²) in [6.45, 7) is 8.99. The van der Waals surface area contributed by atoms with Crippen LogP contribution in [-0.4, -0.2) is 44.0 Å². The Kier molecular flexibility index (Phi) is 8.42. The van der Waals surface area contributed by atoms with E-state index in [1.165, 1.54) is 7.11 Å². The van der Waals surface area contributed by atoms with Gasteiger partial charge >= 0.3 is 5.97 Å². The molecule has 0 bridgehead atoms. The molecule has 0 radical (unpaired) electrons. The molecular weight excluding hydrogens is 360 g/mol. The summed E-state index contributed by atoms with van der Waals surface area (Å²) in [6, 6.07) is 6.64. The average molecular weight is 391 g/mol. The van der Waals surface area contributed by atoms with Gasteiger partial charge in [0.2, 0.25) is 0 Å². The van der Waals surface area contributed by atoms with Crippen molar-refractivity contribution in [2.75, 3.05) is 31.8 Å². The van der Waals surface area contributed by atoms with Crippen molar-refractivity contribution >= 4 is 34.7 Å². The Morgan fingerprint density at radius 2 is 2.07 bits per heavy atom. The second-order valence-electron chi connectivity index (χ2n) is 7.52. The largest absolute Gasteiger partial charge is 0.469 e. The van der Waals surface area contributed by atoms with E-state index >= 15 is 0 Å². The average Bonchev–Trinajstić information content (AvgIpc) is 2.67. The van der Waals surface area contributed by atoms with Gasteiger partial charge in [0.25, 0.3) is 0 Å². The van der Waals surface area contributed by atoms with Crippen molar-refractivity contribution in [3.8, 4) is 0 Å². The number of hydrogen-bond acceptors (Lipinski definition) is 6. The molecule has 1 fully saturated rings. The standard InChI is InChI=1S/C21H30N2O3S/c1-15(2)13-23(18-7-9-26-10-8-18)20-6-5-17(12-19(20)22-14-27)16(3)11-21(24)25-4/h5-6,12,15-16,18H,7-11,13H2,1-4H3. The van der Waals surface area contributed by atoms with E-state index in [0.29, 0.717) is 18.4 Å². The number of esters is 1. The first kappa shape index (κ1) is 21.5. The van der Waals surface area contributed by atoms with Crippen molar-refractivity contribution in [1.82, 2.24) is 0 Å². The maximum atomic E-state index is 11.6. The highest BCUT2D eigenvalue weighted by molar-refractivity contribution is 7.78. The van der Waals surface area contributed by atoms with Crippen molar-refractivity contribution in [3.05, 3.63) is 23.8 Å². The molecule has 1 unspecified atom stereocenters. The summed E-state index contributed by atoms with van der Waals surface area (Å²) in [4.78, 5) is 18.4. The second-order valence-corrected chi connectivity index (χ2v) is 7.70. The number of methoxy groups -OCH3 is 1. The van der Waals surface area contributed by atoms with E-state index < -0.39 is 0 Å². The summed E-state index contributed by atoms with van der Waals surface area (Å²) in [7, 11) is 1.41. The molecule has 148 valence electrons. The lowest BCUT2D eigenvalue weighted by molar-refractivity contribution is -0.140. The molecule has 0 aliphatic carbocycles. The van der Waals surface area contributed by atoms with Crippen molar-refractivity contribution in [3.63, 3.8) is 0 Å². The highest BCUT2D eigenvalue weighted by Crippen LogP contribution is 2.36. The molecule has 27 heavy (non-hydrogen) atoms. The Morgan fingerprint density at radius 1 is 1.37 bits per heavy atom. The van der Waals surface area contributed by atoms with Crippen LogP contribution in [-0.2, 0) is 14.3 Å². The predicted octanol–water partition coefficient (Wildman–Crippen LogP) is 4.73. The number of carbonyl (C=O) groups excluding carboxylic acids is 1. The molecule has 0 N–H and O–H groups in total. The quantitative estimate of drug-likeness (QED) is 0.365. The maximum Gasteiger partial charge on any atom is 0.306 e. The summed E-state index contributed by atoms with van der Waals surface area (Å²) < 4.78 is 10.3. The maximum absolute atomic E-state index is 11.6. The van der Waals surface area contributed by atoms with Gasteiger partial charge in [-0.1, -0.05) is 26.8 Å². The van der Waals surface area contributed by atoms with Crippen LogP contribution < -0.4 is 4.90 Å². The summed E-state index contributed by atoms with van der Waals surface area (Å²) in [5, 5.41) is 2.52. The molecule has 5 nitrogen and oxygen atoms in total. The molecule has 1 saturated heterocycles. The third-order valence-electron chi connectivity index (χ3n) is 4.94. The number of aliphatic imine (C=N–C) groups is 1. The predicted molar refractivity (Wildman–Crippen MR) is 112 cm³/mol. The van der Waals surface area contributed by atoms with E-state index in [1.54, 1.807) is 0 Å². The fraction of sp³-hybridized carbons (Fsp3) is 0.619. The van der Waals surface area contributed by atoms with Crippen LogP contribution in [0, 0.1) is 5.92 Å². The van der Waals surface area contributed by atoms with Gasteiger partial charge in [-0.2, -0.15) is 4.99 Å². The van der Waals surface area contributed by atoms with Gasteiger partial charge in [0.05, 0.1) is 30.1 Å². The van der Waals surface area contributed by atoms with Crippen LogP contribution >= 0.6 is 12.2 Å². The van der Waals surface area contributed by atoms with Gasteiger partial charge in [-0.3, -0.25) is 4.79 Å². The van der Waals surface area contributed by atoms with Crippen LogP contribution in [0.5, 0.6) is 0 Å². The number of hydrogen-bond donors (Lipinski definition) is 0. The minimum Gasteiger partial charge on any atom is -0.469 e. The van der Waals surface area contributed by atoms with Crippen molar-refractivity contribution < 1.29 is 14.3 Å². The number of rotatable bonds is 8. The van der Waals surface area contributed by atoms with Gasteiger partial charge < -0.3 is 14.4 Å². The normalized spacial score (nSPS) is 15.9. The van der Waals surface area contributed by atoms with E-state index in [2.05, 4.69) is 41.0 Å². The van der Waals surface area contributed by atoms with Crippen LogP contribution in [0.2, 0.25) is 0 Å². The summed E-state index contributed by atoms with van der Waals surface area (Å²) in [5.41, 5.74) is 2.93. The number of anilines is 1. The molecule has 0 saturated carbocycles. The van der Waals surface area contributed by atoms with Crippen LogP contribution in [0.15, 0.2) is 23.2 Å². The van der Waals surface area contributed by atoms with Gasteiger partial charge in [-0.05, 0) is 54.6 Å². The summed E-state index contributed by atoms with van der Waals surface area (Å²) in [5.74, 6) is 0.359. The van der Waals surface area contributed by atoms with Crippen LogP contribution in [0.4, 0.5) is 11.4 Å². The molecule has 0 amide bonds. The zero-order chi connectivity index (χ0) is 19.8. The molecule has 1 aliphatic heterocycles. The molecule has 0 spiro atoms. The highest BCUT2D eigenvalue weighted by atomic mass is 32.1. The molecule has 1 aromatic carbocycles. The van der Waals surface area contributed by atoms with Crippen molar-refractivity contribution in [1.29, 1.82) is 0 Å². The lowest BCUT2D eigenvalue weighted by atomic mass is 9.96. The van der Waals surface area contributed by atoms with Gasteiger partial charge in [0.1, 0.15) is 0 Å². The lowest BCUT2D eigenvalue weighted by Gasteiger charge is -2.38. The molecule has 2 rings (SSSR count).